The predicted octanol–water partition coefficient (Wildman–Crippen LogP) is 1.62. The minimum absolute atomic E-state index is 0.820. The van der Waals surface area contributed by atoms with Crippen molar-refractivity contribution in [1.29, 1.82) is 0 Å². The van der Waals surface area contributed by atoms with Gasteiger partial charge in [-0.15, -0.1) is 0 Å². The molecule has 1 aromatic rings. The third-order valence-corrected chi connectivity index (χ3v) is 2.67. The zero-order chi connectivity index (χ0) is 12.8. The van der Waals surface area contributed by atoms with Gasteiger partial charge in [-0.1, -0.05) is 0 Å². The SMILES string of the molecule is CNCN(C)Cc1cc(OC)c(C)cc1OC. The van der Waals surface area contributed by atoms with E-state index in [1.54, 1.807) is 14.2 Å². The van der Waals surface area contributed by atoms with Gasteiger partial charge in [0.15, 0.2) is 0 Å². The van der Waals surface area contributed by atoms with Crippen LogP contribution in [0.1, 0.15) is 11.1 Å². The van der Waals surface area contributed by atoms with Gasteiger partial charge >= 0.3 is 0 Å². The molecule has 0 saturated heterocycles. The zero-order valence-electron chi connectivity index (χ0n) is 11.3. The van der Waals surface area contributed by atoms with Crippen LogP contribution in [-0.4, -0.2) is 39.9 Å². The van der Waals surface area contributed by atoms with Gasteiger partial charge in [0.2, 0.25) is 0 Å². The highest BCUT2D eigenvalue weighted by molar-refractivity contribution is 5.45. The number of nitrogens with zero attached hydrogens (tertiary/aromatic N) is 1. The van der Waals surface area contributed by atoms with Crippen molar-refractivity contribution < 1.29 is 9.47 Å². The molecule has 4 heteroatoms. The summed E-state index contributed by atoms with van der Waals surface area (Å²) >= 11 is 0. The van der Waals surface area contributed by atoms with Crippen molar-refractivity contribution >= 4 is 0 Å². The fourth-order valence-electron chi connectivity index (χ4n) is 1.85. The van der Waals surface area contributed by atoms with Crippen molar-refractivity contribution in [2.75, 3.05) is 35.0 Å². The quantitative estimate of drug-likeness (QED) is 0.764. The third kappa shape index (κ3) is 3.61. The van der Waals surface area contributed by atoms with Gasteiger partial charge in [0, 0.05) is 18.8 Å². The Morgan fingerprint density at radius 3 is 2.35 bits per heavy atom. The maximum absolute atomic E-state index is 5.40. The molecule has 0 saturated carbocycles. The van der Waals surface area contributed by atoms with Crippen LogP contribution in [0.25, 0.3) is 0 Å². The highest BCUT2D eigenvalue weighted by atomic mass is 16.5. The van der Waals surface area contributed by atoms with E-state index in [-0.39, 0.29) is 0 Å². The molecule has 0 spiro atoms. The number of methoxy groups -OCH3 is 2. The number of hydrogen-bond donors (Lipinski definition) is 1. The Hall–Kier alpha value is -1.26. The molecule has 0 amide bonds. The van der Waals surface area contributed by atoms with Crippen molar-refractivity contribution in [3.63, 3.8) is 0 Å². The molecular formula is C13H22N2O2. The maximum Gasteiger partial charge on any atom is 0.123 e. The summed E-state index contributed by atoms with van der Waals surface area (Å²) in [5, 5.41) is 3.12. The number of ether oxygens (including phenoxy) is 2. The van der Waals surface area contributed by atoms with Crippen LogP contribution in [0, 0.1) is 6.92 Å². The first-order valence-corrected chi connectivity index (χ1v) is 5.67. The Labute approximate surface area is 104 Å². The molecule has 1 rings (SSSR count). The van der Waals surface area contributed by atoms with Crippen LogP contribution in [0.3, 0.4) is 0 Å². The molecule has 0 aliphatic heterocycles. The van der Waals surface area contributed by atoms with Crippen LogP contribution < -0.4 is 14.8 Å². The predicted molar refractivity (Wildman–Crippen MR) is 69.7 cm³/mol. The van der Waals surface area contributed by atoms with E-state index in [1.165, 1.54) is 0 Å². The van der Waals surface area contributed by atoms with Gasteiger partial charge in [-0.05, 0) is 38.7 Å². The number of aryl methyl sites for hydroxylation is 1. The standard InChI is InChI=1S/C13H22N2O2/c1-10-6-13(17-5)11(7-12(10)16-4)8-15(3)9-14-2/h6-7,14H,8-9H2,1-5H3. The summed E-state index contributed by atoms with van der Waals surface area (Å²) in [6.45, 7) is 3.67. The average Bonchev–Trinajstić information content (AvgIpc) is 2.31. The maximum atomic E-state index is 5.40. The van der Waals surface area contributed by atoms with Crippen LogP contribution in [0.2, 0.25) is 0 Å². The van der Waals surface area contributed by atoms with E-state index in [1.807, 2.05) is 26.1 Å². The average molecular weight is 238 g/mol. The summed E-state index contributed by atoms with van der Waals surface area (Å²) in [5.41, 5.74) is 2.22. The van der Waals surface area contributed by atoms with E-state index < -0.39 is 0 Å². The molecule has 0 heterocycles. The summed E-state index contributed by atoms with van der Waals surface area (Å²) in [5.74, 6) is 1.81. The molecule has 0 bridgehead atoms. The summed E-state index contributed by atoms with van der Waals surface area (Å²) < 4.78 is 10.7. The molecule has 0 unspecified atom stereocenters. The van der Waals surface area contributed by atoms with Crippen molar-refractivity contribution in [2.45, 2.75) is 13.5 Å². The van der Waals surface area contributed by atoms with E-state index in [2.05, 4.69) is 17.3 Å². The van der Waals surface area contributed by atoms with E-state index in [0.29, 0.717) is 0 Å². The van der Waals surface area contributed by atoms with Gasteiger partial charge < -0.3 is 14.8 Å². The van der Waals surface area contributed by atoms with Crippen LogP contribution in [-0.2, 0) is 6.54 Å². The normalized spacial score (nSPS) is 10.7. The van der Waals surface area contributed by atoms with Crippen molar-refractivity contribution in [2.24, 2.45) is 0 Å². The van der Waals surface area contributed by atoms with Gasteiger partial charge in [0.05, 0.1) is 14.2 Å². The van der Waals surface area contributed by atoms with Gasteiger partial charge in [0.25, 0.3) is 0 Å². The summed E-state index contributed by atoms with van der Waals surface area (Å²) in [4.78, 5) is 2.17. The molecule has 0 aliphatic rings. The fraction of sp³-hybridized carbons (Fsp3) is 0.538. The molecule has 0 aliphatic carbocycles. The smallest absolute Gasteiger partial charge is 0.123 e. The first-order chi connectivity index (χ1) is 8.12. The lowest BCUT2D eigenvalue weighted by Gasteiger charge is -2.19. The highest BCUT2D eigenvalue weighted by Gasteiger charge is 2.10. The van der Waals surface area contributed by atoms with Crippen molar-refractivity contribution in [3.05, 3.63) is 23.3 Å². The van der Waals surface area contributed by atoms with Crippen LogP contribution >= 0.6 is 0 Å². The first kappa shape index (κ1) is 13.8. The molecule has 1 aromatic carbocycles. The Morgan fingerprint density at radius 1 is 1.18 bits per heavy atom. The van der Waals surface area contributed by atoms with Crippen LogP contribution in [0.15, 0.2) is 12.1 Å². The largest absolute Gasteiger partial charge is 0.496 e. The second kappa shape index (κ2) is 6.47. The van der Waals surface area contributed by atoms with E-state index in [9.17, 15) is 0 Å². The second-order valence-corrected chi connectivity index (χ2v) is 4.16. The molecule has 17 heavy (non-hydrogen) atoms. The topological polar surface area (TPSA) is 33.7 Å². The van der Waals surface area contributed by atoms with E-state index in [0.717, 1.165) is 35.8 Å². The molecule has 4 nitrogen and oxygen atoms in total. The number of benzene rings is 1. The first-order valence-electron chi connectivity index (χ1n) is 5.67. The summed E-state index contributed by atoms with van der Waals surface area (Å²) in [6.07, 6.45) is 0. The van der Waals surface area contributed by atoms with Gasteiger partial charge in [-0.3, -0.25) is 4.90 Å². The van der Waals surface area contributed by atoms with Gasteiger partial charge in [0.1, 0.15) is 11.5 Å². The molecule has 0 atom stereocenters. The van der Waals surface area contributed by atoms with Crippen LogP contribution in [0.4, 0.5) is 0 Å². The Morgan fingerprint density at radius 2 is 1.82 bits per heavy atom. The minimum Gasteiger partial charge on any atom is -0.496 e. The van der Waals surface area contributed by atoms with Gasteiger partial charge in [-0.2, -0.15) is 0 Å². The summed E-state index contributed by atoms with van der Waals surface area (Å²) in [7, 11) is 7.38. The molecule has 0 fully saturated rings. The van der Waals surface area contributed by atoms with Crippen LogP contribution in [0.5, 0.6) is 11.5 Å². The fourth-order valence-corrected chi connectivity index (χ4v) is 1.85. The minimum atomic E-state index is 0.820. The molecule has 1 N–H and O–H groups in total. The Kier molecular flexibility index (Phi) is 5.25. The molecule has 0 radical (unpaired) electrons. The highest BCUT2D eigenvalue weighted by Crippen LogP contribution is 2.28. The molecule has 0 aromatic heterocycles. The number of nitrogens with one attached hydrogen (secondary N) is 1. The third-order valence-electron chi connectivity index (χ3n) is 2.67. The molecular weight excluding hydrogens is 216 g/mol. The van der Waals surface area contributed by atoms with Crippen molar-refractivity contribution in [1.82, 2.24) is 10.2 Å². The summed E-state index contributed by atoms with van der Waals surface area (Å²) in [6, 6.07) is 4.06. The second-order valence-electron chi connectivity index (χ2n) is 4.16. The lowest BCUT2D eigenvalue weighted by molar-refractivity contribution is 0.301. The lowest BCUT2D eigenvalue weighted by Crippen LogP contribution is -2.28. The lowest BCUT2D eigenvalue weighted by atomic mass is 10.1. The van der Waals surface area contributed by atoms with E-state index in [4.69, 9.17) is 9.47 Å². The Balaban J connectivity index is 2.95. The van der Waals surface area contributed by atoms with E-state index >= 15 is 0 Å². The molecule has 96 valence electrons. The zero-order valence-corrected chi connectivity index (χ0v) is 11.3. The Bertz CT molecular complexity index is 367. The van der Waals surface area contributed by atoms with Gasteiger partial charge in [-0.25, -0.2) is 0 Å². The number of rotatable bonds is 6. The van der Waals surface area contributed by atoms with Crippen molar-refractivity contribution in [3.8, 4) is 11.5 Å². The number of hydrogen-bond acceptors (Lipinski definition) is 4. The monoisotopic (exact) mass is 238 g/mol.